The number of fused-ring (bicyclic) bond motifs is 1. The molecule has 0 saturated heterocycles. The average molecular weight is 506 g/mol. The van der Waals surface area contributed by atoms with E-state index in [1.807, 2.05) is 56.3 Å². The van der Waals surface area contributed by atoms with Gasteiger partial charge in [0.2, 0.25) is 5.91 Å². The molecule has 0 radical (unpaired) electrons. The summed E-state index contributed by atoms with van der Waals surface area (Å²) < 4.78 is 13.2. The third-order valence-electron chi connectivity index (χ3n) is 7.24. The van der Waals surface area contributed by atoms with Gasteiger partial charge in [-0.25, -0.2) is 0 Å². The molecule has 4 aromatic carbocycles. The van der Waals surface area contributed by atoms with Crippen molar-refractivity contribution in [3.8, 4) is 22.6 Å². The monoisotopic (exact) mass is 505 g/mol. The van der Waals surface area contributed by atoms with E-state index in [1.54, 1.807) is 0 Å². The Bertz CT molecular complexity index is 1380. The van der Waals surface area contributed by atoms with Crippen LogP contribution in [0.1, 0.15) is 55.0 Å². The second-order valence-corrected chi connectivity index (χ2v) is 10.5. The summed E-state index contributed by atoms with van der Waals surface area (Å²) in [6.45, 7) is 9.12. The molecule has 0 fully saturated rings. The molecule has 0 aromatic heterocycles. The van der Waals surface area contributed by atoms with Crippen molar-refractivity contribution in [1.82, 2.24) is 0 Å². The van der Waals surface area contributed by atoms with Gasteiger partial charge in [-0.2, -0.15) is 0 Å². The van der Waals surface area contributed by atoms with Crippen LogP contribution in [0, 0.1) is 6.92 Å². The molecule has 1 aliphatic rings. The Morgan fingerprint density at radius 1 is 0.737 bits per heavy atom. The number of ether oxygens (including phenoxy) is 2. The first kappa shape index (κ1) is 25.6. The predicted octanol–water partition coefficient (Wildman–Crippen LogP) is 8.00. The second-order valence-electron chi connectivity index (χ2n) is 10.5. The Labute approximate surface area is 225 Å². The van der Waals surface area contributed by atoms with Crippen molar-refractivity contribution < 1.29 is 14.3 Å². The summed E-state index contributed by atoms with van der Waals surface area (Å²) in [5.41, 5.74) is 7.48. The minimum absolute atomic E-state index is 0.000427. The third kappa shape index (κ3) is 5.04. The highest BCUT2D eigenvalue weighted by molar-refractivity contribution is 6.09. The van der Waals surface area contributed by atoms with Crippen LogP contribution >= 0.6 is 0 Å². The fraction of sp³-hybridized carbons (Fsp3) is 0.265. The Hall–Kier alpha value is -4.05. The predicted molar refractivity (Wildman–Crippen MR) is 154 cm³/mol. The molecule has 194 valence electrons. The van der Waals surface area contributed by atoms with Crippen molar-refractivity contribution in [1.29, 1.82) is 0 Å². The molecular formula is C34H35NO3. The van der Waals surface area contributed by atoms with E-state index in [-0.39, 0.29) is 5.91 Å². The van der Waals surface area contributed by atoms with E-state index in [0.717, 1.165) is 63.4 Å². The number of aryl methyl sites for hydroxylation is 2. The minimum atomic E-state index is -0.688. The lowest BCUT2D eigenvalue weighted by molar-refractivity contribution is -0.119. The largest absolute Gasteiger partial charge is 0.488 e. The Kier molecular flexibility index (Phi) is 7.24. The van der Waals surface area contributed by atoms with Crippen molar-refractivity contribution in [2.45, 2.75) is 59.2 Å². The molecule has 1 amide bonds. The van der Waals surface area contributed by atoms with Crippen molar-refractivity contribution in [3.63, 3.8) is 0 Å². The van der Waals surface area contributed by atoms with Crippen LogP contribution in [0.4, 0.5) is 5.69 Å². The van der Waals surface area contributed by atoms with E-state index in [2.05, 4.69) is 61.6 Å². The Morgan fingerprint density at radius 3 is 1.82 bits per heavy atom. The molecule has 0 atom stereocenters. The summed E-state index contributed by atoms with van der Waals surface area (Å²) in [6.07, 6.45) is 1.93. The molecular weight excluding hydrogens is 470 g/mol. The second kappa shape index (κ2) is 10.7. The standard InChI is InChI=1S/C34H35NO3/c1-5-12-26-19-28(37-21-24-13-8-6-9-14-24)31(29(20-26)38-22-25-15-10-7-11-16-25)30-23(2)17-18-27-32(30)34(3,4)33(36)35-27/h6-11,13-20H,5,12,21-22H2,1-4H3,(H,35,36). The maximum absolute atomic E-state index is 13.0. The fourth-order valence-electron chi connectivity index (χ4n) is 5.20. The van der Waals surface area contributed by atoms with Gasteiger partial charge in [-0.15, -0.1) is 0 Å². The molecule has 1 N–H and O–H groups in total. The van der Waals surface area contributed by atoms with Gasteiger partial charge in [-0.3, -0.25) is 4.79 Å². The fourth-order valence-corrected chi connectivity index (χ4v) is 5.20. The van der Waals surface area contributed by atoms with Crippen molar-refractivity contribution in [2.75, 3.05) is 5.32 Å². The summed E-state index contributed by atoms with van der Waals surface area (Å²) in [5, 5.41) is 3.09. The van der Waals surface area contributed by atoms with E-state index in [1.165, 1.54) is 5.56 Å². The average Bonchev–Trinajstić information content (AvgIpc) is 3.16. The van der Waals surface area contributed by atoms with Crippen LogP contribution in [-0.2, 0) is 29.8 Å². The van der Waals surface area contributed by atoms with E-state index < -0.39 is 5.41 Å². The number of nitrogens with one attached hydrogen (secondary N) is 1. The van der Waals surface area contributed by atoms with Crippen molar-refractivity contribution in [3.05, 3.63) is 113 Å². The number of carbonyl (C=O) groups is 1. The molecule has 0 saturated carbocycles. The van der Waals surface area contributed by atoms with Crippen LogP contribution in [0.3, 0.4) is 0 Å². The highest BCUT2D eigenvalue weighted by Crippen LogP contribution is 2.50. The van der Waals surface area contributed by atoms with Crippen LogP contribution in [0.15, 0.2) is 84.9 Å². The van der Waals surface area contributed by atoms with Crippen LogP contribution in [0.2, 0.25) is 0 Å². The summed E-state index contributed by atoms with van der Waals surface area (Å²) in [5.74, 6) is 1.55. The van der Waals surface area contributed by atoms with Gasteiger partial charge in [0.15, 0.2) is 0 Å². The first-order valence-corrected chi connectivity index (χ1v) is 13.3. The summed E-state index contributed by atoms with van der Waals surface area (Å²) in [4.78, 5) is 13.0. The number of hydrogen-bond donors (Lipinski definition) is 1. The maximum Gasteiger partial charge on any atom is 0.234 e. The van der Waals surface area contributed by atoms with Gasteiger partial charge in [-0.05, 0) is 78.8 Å². The maximum atomic E-state index is 13.0. The van der Waals surface area contributed by atoms with E-state index >= 15 is 0 Å². The Morgan fingerprint density at radius 2 is 1.29 bits per heavy atom. The van der Waals surface area contributed by atoms with Crippen molar-refractivity contribution >= 4 is 11.6 Å². The zero-order valence-corrected chi connectivity index (χ0v) is 22.6. The molecule has 4 aromatic rings. The topological polar surface area (TPSA) is 47.6 Å². The molecule has 0 bridgehead atoms. The normalized spacial score (nSPS) is 13.6. The highest BCUT2D eigenvalue weighted by atomic mass is 16.5. The van der Waals surface area contributed by atoms with Gasteiger partial charge in [0.1, 0.15) is 24.7 Å². The molecule has 4 heteroatoms. The molecule has 0 aliphatic carbocycles. The first-order chi connectivity index (χ1) is 18.4. The number of anilines is 1. The van der Waals surface area contributed by atoms with Crippen LogP contribution in [0.5, 0.6) is 11.5 Å². The number of benzene rings is 4. The van der Waals surface area contributed by atoms with Gasteiger partial charge in [0.05, 0.1) is 11.0 Å². The molecule has 1 heterocycles. The van der Waals surface area contributed by atoms with E-state index in [4.69, 9.17) is 9.47 Å². The lowest BCUT2D eigenvalue weighted by Gasteiger charge is -2.25. The zero-order chi connectivity index (χ0) is 26.7. The molecule has 1 aliphatic heterocycles. The van der Waals surface area contributed by atoms with E-state index in [9.17, 15) is 4.79 Å². The number of hydrogen-bond acceptors (Lipinski definition) is 3. The lowest BCUT2D eigenvalue weighted by atomic mass is 9.79. The molecule has 0 spiro atoms. The quantitative estimate of drug-likeness (QED) is 0.251. The smallest absolute Gasteiger partial charge is 0.234 e. The minimum Gasteiger partial charge on any atom is -0.488 e. The lowest BCUT2D eigenvalue weighted by Crippen LogP contribution is -2.27. The Balaban J connectivity index is 1.70. The van der Waals surface area contributed by atoms with Gasteiger partial charge in [0.25, 0.3) is 0 Å². The van der Waals surface area contributed by atoms with Gasteiger partial charge in [0, 0.05) is 5.69 Å². The zero-order valence-electron chi connectivity index (χ0n) is 22.6. The molecule has 4 nitrogen and oxygen atoms in total. The number of amides is 1. The number of carbonyl (C=O) groups excluding carboxylic acids is 1. The van der Waals surface area contributed by atoms with E-state index in [0.29, 0.717) is 13.2 Å². The van der Waals surface area contributed by atoms with Gasteiger partial charge in [-0.1, -0.05) is 80.1 Å². The first-order valence-electron chi connectivity index (χ1n) is 13.3. The van der Waals surface area contributed by atoms with Gasteiger partial charge >= 0.3 is 0 Å². The highest BCUT2D eigenvalue weighted by Gasteiger charge is 2.42. The summed E-state index contributed by atoms with van der Waals surface area (Å²) in [7, 11) is 0. The van der Waals surface area contributed by atoms with Crippen LogP contribution in [-0.4, -0.2) is 5.91 Å². The molecule has 0 unspecified atom stereocenters. The third-order valence-corrected chi connectivity index (χ3v) is 7.24. The summed E-state index contributed by atoms with van der Waals surface area (Å²) >= 11 is 0. The van der Waals surface area contributed by atoms with Gasteiger partial charge < -0.3 is 14.8 Å². The van der Waals surface area contributed by atoms with Crippen LogP contribution < -0.4 is 14.8 Å². The van der Waals surface area contributed by atoms with Crippen LogP contribution in [0.25, 0.3) is 11.1 Å². The van der Waals surface area contributed by atoms with Crippen molar-refractivity contribution in [2.24, 2.45) is 0 Å². The number of rotatable bonds is 9. The molecule has 38 heavy (non-hydrogen) atoms. The SMILES string of the molecule is CCCc1cc(OCc2ccccc2)c(-c2c(C)ccc3c2C(C)(C)C(=O)N3)c(OCc2ccccc2)c1. The summed E-state index contributed by atoms with van der Waals surface area (Å²) in [6, 6.07) is 28.7. The molecule has 5 rings (SSSR count).